The van der Waals surface area contributed by atoms with Gasteiger partial charge in [-0.25, -0.2) is 4.98 Å². The van der Waals surface area contributed by atoms with Crippen molar-refractivity contribution in [2.45, 2.75) is 57.4 Å². The van der Waals surface area contributed by atoms with E-state index in [1.165, 1.54) is 19.9 Å². The average Bonchev–Trinajstić information content (AvgIpc) is 2.39. The molecule has 1 N–H and O–H groups in total. The fraction of sp³-hybridized carbons (Fsp3) is 0.600. The number of pyridine rings is 1. The normalized spacial score (nSPS) is 20.1. The summed E-state index contributed by atoms with van der Waals surface area (Å²) < 4.78 is 44.1. The van der Waals surface area contributed by atoms with Crippen molar-refractivity contribution < 1.29 is 27.8 Å². The molecule has 0 aromatic carbocycles. The number of Topliss-reactive ketones (excluding diaryl/α,β-unsaturated/α-hetero) is 1. The van der Waals surface area contributed by atoms with E-state index in [0.717, 1.165) is 18.9 Å². The van der Waals surface area contributed by atoms with Crippen molar-refractivity contribution in [1.29, 1.82) is 0 Å². The van der Waals surface area contributed by atoms with Crippen molar-refractivity contribution in [1.82, 2.24) is 4.98 Å². The van der Waals surface area contributed by atoms with Gasteiger partial charge in [0.1, 0.15) is 5.69 Å². The van der Waals surface area contributed by atoms with E-state index in [4.69, 9.17) is 4.74 Å². The summed E-state index contributed by atoms with van der Waals surface area (Å²) in [6.07, 6.45) is -3.04. The molecule has 7 heteroatoms. The summed E-state index contributed by atoms with van der Waals surface area (Å²) in [7, 11) is 0. The lowest BCUT2D eigenvalue weighted by molar-refractivity contribution is -0.141. The highest BCUT2D eigenvalue weighted by Crippen LogP contribution is 2.33. The molecule has 1 saturated carbocycles. The van der Waals surface area contributed by atoms with Crippen LogP contribution in [0.1, 0.15) is 50.8 Å². The number of hydrogen-bond donors (Lipinski definition) is 1. The van der Waals surface area contributed by atoms with Gasteiger partial charge in [0.05, 0.1) is 5.60 Å². The van der Waals surface area contributed by atoms with Gasteiger partial charge in [-0.15, -0.1) is 0 Å². The second kappa shape index (κ2) is 5.87. The Morgan fingerprint density at radius 1 is 1.27 bits per heavy atom. The predicted molar refractivity (Wildman–Crippen MR) is 72.4 cm³/mol. The van der Waals surface area contributed by atoms with Gasteiger partial charge in [0.15, 0.2) is 11.9 Å². The van der Waals surface area contributed by atoms with Crippen molar-refractivity contribution in [3.05, 3.63) is 23.4 Å². The predicted octanol–water partition coefficient (Wildman–Crippen LogP) is 3.22. The maximum absolute atomic E-state index is 12.9. The topological polar surface area (TPSA) is 59.4 Å². The maximum atomic E-state index is 12.9. The molecule has 0 bridgehead atoms. The van der Waals surface area contributed by atoms with Gasteiger partial charge in [0.2, 0.25) is 5.88 Å². The van der Waals surface area contributed by atoms with Gasteiger partial charge in [-0.2, -0.15) is 13.2 Å². The number of alkyl halides is 3. The third-order valence-corrected chi connectivity index (χ3v) is 3.56. The van der Waals surface area contributed by atoms with Crippen LogP contribution in [0.2, 0.25) is 0 Å². The zero-order valence-corrected chi connectivity index (χ0v) is 12.4. The van der Waals surface area contributed by atoms with Gasteiger partial charge in [-0.3, -0.25) is 4.79 Å². The molecule has 1 aromatic rings. The Bertz CT molecular complexity index is 532. The largest absolute Gasteiger partial charge is 0.466 e. The van der Waals surface area contributed by atoms with Crippen LogP contribution >= 0.6 is 0 Å². The average molecular weight is 317 g/mol. The van der Waals surface area contributed by atoms with E-state index in [2.05, 4.69) is 4.98 Å². The number of carbonyl (C=O) groups excluding carboxylic acids is 1. The smallest absolute Gasteiger partial charge is 0.433 e. The Kier molecular flexibility index (Phi) is 4.47. The monoisotopic (exact) mass is 317 g/mol. The number of carbonyl (C=O) groups is 1. The van der Waals surface area contributed by atoms with Gasteiger partial charge in [-0.1, -0.05) is 0 Å². The first kappa shape index (κ1) is 16.7. The number of rotatable bonds is 3. The van der Waals surface area contributed by atoms with Crippen LogP contribution in [0.5, 0.6) is 5.88 Å². The molecule has 1 heterocycles. The van der Waals surface area contributed by atoms with Gasteiger partial charge in [0, 0.05) is 12.5 Å². The van der Waals surface area contributed by atoms with Crippen molar-refractivity contribution in [2.75, 3.05) is 0 Å². The highest BCUT2D eigenvalue weighted by molar-refractivity contribution is 5.83. The second-order valence-electron chi connectivity index (χ2n) is 5.95. The van der Waals surface area contributed by atoms with Crippen LogP contribution in [0.15, 0.2) is 12.1 Å². The van der Waals surface area contributed by atoms with Crippen LogP contribution < -0.4 is 4.74 Å². The van der Waals surface area contributed by atoms with E-state index in [-0.39, 0.29) is 17.2 Å². The molecule has 0 amide bonds. The highest BCUT2D eigenvalue weighted by Gasteiger charge is 2.35. The van der Waals surface area contributed by atoms with E-state index in [0.29, 0.717) is 12.8 Å². The Labute approximate surface area is 126 Å². The molecular weight excluding hydrogens is 299 g/mol. The van der Waals surface area contributed by atoms with Gasteiger partial charge in [0.25, 0.3) is 0 Å². The molecule has 1 unspecified atom stereocenters. The zero-order valence-electron chi connectivity index (χ0n) is 12.4. The molecule has 0 saturated heterocycles. The zero-order chi connectivity index (χ0) is 16.5. The number of hydrogen-bond acceptors (Lipinski definition) is 4. The van der Waals surface area contributed by atoms with Crippen LogP contribution in [0.25, 0.3) is 0 Å². The third-order valence-electron chi connectivity index (χ3n) is 3.56. The summed E-state index contributed by atoms with van der Waals surface area (Å²) in [5.41, 5.74) is -2.59. The lowest BCUT2D eigenvalue weighted by Crippen LogP contribution is -2.31. The lowest BCUT2D eigenvalue weighted by atomic mass is 9.96. The molecule has 2 rings (SSSR count). The van der Waals surface area contributed by atoms with Crippen LogP contribution in [0.4, 0.5) is 13.2 Å². The van der Waals surface area contributed by atoms with Gasteiger partial charge < -0.3 is 9.84 Å². The van der Waals surface area contributed by atoms with Crippen molar-refractivity contribution in [3.63, 3.8) is 0 Å². The first-order chi connectivity index (χ1) is 10.1. The van der Waals surface area contributed by atoms with Gasteiger partial charge in [-0.05, 0) is 44.7 Å². The molecule has 122 valence electrons. The SMILES string of the molecule is CC(C)(O)c1cc(OC2CCCCC2=O)nc(C(F)(F)F)c1. The molecule has 4 nitrogen and oxygen atoms in total. The van der Waals surface area contributed by atoms with E-state index >= 15 is 0 Å². The highest BCUT2D eigenvalue weighted by atomic mass is 19.4. The molecule has 1 aliphatic carbocycles. The number of aromatic nitrogens is 1. The Morgan fingerprint density at radius 2 is 1.95 bits per heavy atom. The molecule has 1 aliphatic rings. The van der Waals surface area contributed by atoms with E-state index in [1.807, 2.05) is 0 Å². The Balaban J connectivity index is 2.35. The van der Waals surface area contributed by atoms with Crippen LogP contribution in [0, 0.1) is 0 Å². The third kappa shape index (κ3) is 3.97. The molecule has 0 aliphatic heterocycles. The molecule has 1 aromatic heterocycles. The van der Waals surface area contributed by atoms with E-state index in [9.17, 15) is 23.1 Å². The fourth-order valence-electron chi connectivity index (χ4n) is 2.29. The minimum atomic E-state index is -4.66. The first-order valence-electron chi connectivity index (χ1n) is 7.09. The number of ether oxygens (including phenoxy) is 1. The summed E-state index contributed by atoms with van der Waals surface area (Å²) in [4.78, 5) is 15.2. The molecule has 1 atom stereocenters. The van der Waals surface area contributed by atoms with E-state index in [1.54, 1.807) is 0 Å². The molecular formula is C15H18F3NO3. The van der Waals surface area contributed by atoms with Crippen LogP contribution in [-0.2, 0) is 16.6 Å². The number of nitrogens with zero attached hydrogens (tertiary/aromatic N) is 1. The maximum Gasteiger partial charge on any atom is 0.433 e. The van der Waals surface area contributed by atoms with E-state index < -0.39 is 23.6 Å². The van der Waals surface area contributed by atoms with Crippen LogP contribution in [0.3, 0.4) is 0 Å². The standard InChI is InChI=1S/C15H18F3NO3/c1-14(2,21)9-7-12(15(16,17)18)19-13(8-9)22-11-6-4-3-5-10(11)20/h7-8,11,21H,3-6H2,1-2H3. The summed E-state index contributed by atoms with van der Waals surface area (Å²) in [5, 5.41) is 9.94. The molecule has 0 radical (unpaired) electrons. The number of ketones is 1. The molecule has 22 heavy (non-hydrogen) atoms. The first-order valence-corrected chi connectivity index (χ1v) is 7.09. The fourth-order valence-corrected chi connectivity index (χ4v) is 2.29. The summed E-state index contributed by atoms with van der Waals surface area (Å²) in [6, 6.07) is 2.03. The van der Waals surface area contributed by atoms with Crippen LogP contribution in [-0.4, -0.2) is 22.0 Å². The summed E-state index contributed by atoms with van der Waals surface area (Å²) in [6.45, 7) is 2.75. The Hall–Kier alpha value is -1.63. The molecule has 0 spiro atoms. The number of halogens is 3. The van der Waals surface area contributed by atoms with Gasteiger partial charge >= 0.3 is 6.18 Å². The lowest BCUT2D eigenvalue weighted by Gasteiger charge is -2.24. The second-order valence-corrected chi connectivity index (χ2v) is 5.95. The van der Waals surface area contributed by atoms with Crippen molar-refractivity contribution in [2.24, 2.45) is 0 Å². The summed E-state index contributed by atoms with van der Waals surface area (Å²) in [5.74, 6) is -0.414. The minimum absolute atomic E-state index is 0.0353. The summed E-state index contributed by atoms with van der Waals surface area (Å²) >= 11 is 0. The quantitative estimate of drug-likeness (QED) is 0.930. The minimum Gasteiger partial charge on any atom is -0.466 e. The van der Waals surface area contributed by atoms with Crippen molar-refractivity contribution in [3.8, 4) is 5.88 Å². The molecule has 1 fully saturated rings. The Morgan fingerprint density at radius 3 is 2.50 bits per heavy atom. The van der Waals surface area contributed by atoms with Crippen molar-refractivity contribution >= 4 is 5.78 Å². The number of aliphatic hydroxyl groups is 1.